The second-order valence-corrected chi connectivity index (χ2v) is 2.20. The zero-order valence-electron chi connectivity index (χ0n) is 7.46. The molecule has 0 aromatic heterocycles. The van der Waals surface area contributed by atoms with E-state index in [1.807, 2.05) is 36.4 Å². The summed E-state index contributed by atoms with van der Waals surface area (Å²) < 4.78 is 0. The second kappa shape index (κ2) is 5.52. The van der Waals surface area contributed by atoms with Crippen LogP contribution in [0.1, 0.15) is 0 Å². The minimum absolute atomic E-state index is 0. The molecule has 0 spiro atoms. The summed E-state index contributed by atoms with van der Waals surface area (Å²) in [6.07, 6.45) is 0. The number of rotatable bonds is 0. The van der Waals surface area contributed by atoms with E-state index in [-0.39, 0.29) is 37.7 Å². The summed E-state index contributed by atoms with van der Waals surface area (Å²) in [7, 11) is 0. The first-order chi connectivity index (χ1) is 4.97. The Kier molecular flexibility index (Phi) is 5.48. The van der Waals surface area contributed by atoms with Crippen molar-refractivity contribution in [2.24, 2.45) is 0 Å². The van der Waals surface area contributed by atoms with Gasteiger partial charge in [0.05, 0.1) is 0 Å². The van der Waals surface area contributed by atoms with Crippen LogP contribution in [0, 0.1) is 12.1 Å². The van der Waals surface area contributed by atoms with Crippen molar-refractivity contribution in [2.75, 3.05) is 0 Å². The first-order valence-corrected chi connectivity index (χ1v) is 3.23. The summed E-state index contributed by atoms with van der Waals surface area (Å²) >= 11 is 0. The topological polar surface area (TPSA) is 0 Å². The van der Waals surface area contributed by atoms with Crippen LogP contribution in [0.5, 0.6) is 0 Å². The van der Waals surface area contributed by atoms with Crippen molar-refractivity contribution in [3.63, 3.8) is 0 Å². The molecule has 0 unspecified atom stereocenters. The first-order valence-electron chi connectivity index (χ1n) is 3.23. The van der Waals surface area contributed by atoms with E-state index in [9.17, 15) is 0 Å². The van der Waals surface area contributed by atoms with E-state index >= 15 is 0 Å². The SMILES string of the molecule is [Li+].[Li+].[c-]1ccc2cc[c-]cc2c1. The quantitative estimate of drug-likeness (QED) is 0.262. The van der Waals surface area contributed by atoms with Crippen LogP contribution in [-0.2, 0) is 0 Å². The van der Waals surface area contributed by atoms with Gasteiger partial charge in [-0.05, 0) is 0 Å². The molecule has 0 aliphatic rings. The molecule has 0 N–H and O–H groups in total. The van der Waals surface area contributed by atoms with E-state index in [1.54, 1.807) is 0 Å². The van der Waals surface area contributed by atoms with Crippen molar-refractivity contribution in [3.05, 3.63) is 48.5 Å². The molecule has 0 aliphatic carbocycles. The summed E-state index contributed by atoms with van der Waals surface area (Å²) in [5, 5.41) is 2.45. The number of benzene rings is 2. The predicted molar refractivity (Wildman–Crippen MR) is 41.6 cm³/mol. The Morgan fingerprint density at radius 3 is 1.67 bits per heavy atom. The fourth-order valence-electron chi connectivity index (χ4n) is 1.01. The molecule has 0 saturated heterocycles. The van der Waals surface area contributed by atoms with Gasteiger partial charge < -0.3 is 0 Å². The van der Waals surface area contributed by atoms with Crippen LogP contribution in [0.3, 0.4) is 0 Å². The van der Waals surface area contributed by atoms with Crippen molar-refractivity contribution < 1.29 is 37.7 Å². The summed E-state index contributed by atoms with van der Waals surface area (Å²) in [6.45, 7) is 0. The van der Waals surface area contributed by atoms with Crippen LogP contribution >= 0.6 is 0 Å². The Balaban J connectivity index is 0.000000605. The number of hydrogen-bond acceptors (Lipinski definition) is 0. The number of hydrogen-bond donors (Lipinski definition) is 0. The molecule has 2 aromatic rings. The van der Waals surface area contributed by atoms with E-state index in [4.69, 9.17) is 0 Å². The van der Waals surface area contributed by atoms with E-state index in [1.165, 1.54) is 10.8 Å². The Labute approximate surface area is 96.7 Å². The minimum atomic E-state index is 0. The average molecular weight is 140 g/mol. The Morgan fingerprint density at radius 2 is 1.25 bits per heavy atom. The molecule has 0 heterocycles. The zero-order chi connectivity index (χ0) is 6.81. The molecule has 0 fully saturated rings. The molecule has 0 aliphatic heterocycles. The molecule has 0 nitrogen and oxygen atoms in total. The third-order valence-electron chi connectivity index (χ3n) is 1.53. The normalized spacial score (nSPS) is 8.33. The Hall–Kier alpha value is -0.105. The molecule has 2 rings (SSSR count). The van der Waals surface area contributed by atoms with Crippen LogP contribution < -0.4 is 37.7 Å². The zero-order valence-corrected chi connectivity index (χ0v) is 7.46. The van der Waals surface area contributed by atoms with E-state index in [0.717, 1.165) is 0 Å². The maximum atomic E-state index is 3.02. The molecule has 0 bridgehead atoms. The fraction of sp³-hybridized carbons (Fsp3) is 0. The third-order valence-corrected chi connectivity index (χ3v) is 1.53. The van der Waals surface area contributed by atoms with Gasteiger partial charge in [-0.3, -0.25) is 0 Å². The molecule has 0 saturated carbocycles. The molecule has 2 aromatic carbocycles. The second-order valence-electron chi connectivity index (χ2n) is 2.20. The van der Waals surface area contributed by atoms with Gasteiger partial charge in [0.15, 0.2) is 0 Å². The molecule has 0 atom stereocenters. The maximum absolute atomic E-state index is 3.02. The van der Waals surface area contributed by atoms with Gasteiger partial charge in [0.1, 0.15) is 0 Å². The van der Waals surface area contributed by atoms with Crippen molar-refractivity contribution in [3.8, 4) is 0 Å². The van der Waals surface area contributed by atoms with Gasteiger partial charge in [-0.1, -0.05) is 0 Å². The minimum Gasteiger partial charge on any atom is -0.185 e. The van der Waals surface area contributed by atoms with Crippen molar-refractivity contribution >= 4 is 10.8 Å². The molecular formula is C10H6Li2. The number of fused-ring (bicyclic) bond motifs is 1. The molecular weight excluding hydrogens is 134 g/mol. The van der Waals surface area contributed by atoms with Crippen molar-refractivity contribution in [1.82, 2.24) is 0 Å². The van der Waals surface area contributed by atoms with Gasteiger partial charge in [0, 0.05) is 0 Å². The maximum Gasteiger partial charge on any atom is 1.00 e. The molecule has 0 amide bonds. The summed E-state index contributed by atoms with van der Waals surface area (Å²) in [4.78, 5) is 0. The Morgan fingerprint density at radius 1 is 0.750 bits per heavy atom. The third kappa shape index (κ3) is 2.44. The summed E-state index contributed by atoms with van der Waals surface area (Å²) in [6, 6.07) is 17.9. The van der Waals surface area contributed by atoms with E-state index < -0.39 is 0 Å². The first kappa shape index (κ1) is 11.9. The van der Waals surface area contributed by atoms with Crippen LogP contribution in [0.4, 0.5) is 0 Å². The van der Waals surface area contributed by atoms with Crippen molar-refractivity contribution in [1.29, 1.82) is 0 Å². The van der Waals surface area contributed by atoms with Gasteiger partial charge in [-0.2, -0.15) is 59.3 Å². The largest absolute Gasteiger partial charge is 1.00 e. The van der Waals surface area contributed by atoms with Gasteiger partial charge >= 0.3 is 37.7 Å². The molecule has 12 heavy (non-hydrogen) atoms. The fourth-order valence-corrected chi connectivity index (χ4v) is 1.01. The van der Waals surface area contributed by atoms with Crippen molar-refractivity contribution in [2.45, 2.75) is 0 Å². The summed E-state index contributed by atoms with van der Waals surface area (Å²) in [5.74, 6) is 0. The van der Waals surface area contributed by atoms with Gasteiger partial charge in [0.25, 0.3) is 0 Å². The van der Waals surface area contributed by atoms with Crippen LogP contribution in [0.2, 0.25) is 0 Å². The molecule has 48 valence electrons. The smallest absolute Gasteiger partial charge is 0.185 e. The molecule has 0 radical (unpaired) electrons. The van der Waals surface area contributed by atoms with Crippen LogP contribution in [0.15, 0.2) is 36.4 Å². The molecule has 2 heteroatoms. The standard InChI is InChI=1S/C10H6.2Li/c1-2-6-10-8-4-3-7-9(10)5-1;;/h1,3,5-8H;;/q-2;2*+1. The van der Waals surface area contributed by atoms with E-state index in [2.05, 4.69) is 12.1 Å². The van der Waals surface area contributed by atoms with Crippen LogP contribution in [0.25, 0.3) is 10.8 Å². The predicted octanol–water partition coefficient (Wildman–Crippen LogP) is -3.55. The monoisotopic (exact) mass is 140 g/mol. The van der Waals surface area contributed by atoms with Gasteiger partial charge in [0.2, 0.25) is 0 Å². The van der Waals surface area contributed by atoms with E-state index in [0.29, 0.717) is 0 Å². The van der Waals surface area contributed by atoms with Crippen LogP contribution in [-0.4, -0.2) is 0 Å². The van der Waals surface area contributed by atoms with Gasteiger partial charge in [-0.15, -0.1) is 0 Å². The average Bonchev–Trinajstić information content (AvgIpc) is 2.05. The Bertz CT molecular complexity index is 279. The van der Waals surface area contributed by atoms with Gasteiger partial charge in [-0.25, -0.2) is 0 Å². The summed E-state index contributed by atoms with van der Waals surface area (Å²) in [5.41, 5.74) is 0.